The zero-order valence-electron chi connectivity index (χ0n) is 22.9. The molecule has 1 aromatic heterocycles. The molecule has 1 aliphatic rings. The number of carbonyl (C=O) groups excluding carboxylic acids is 2. The number of anilines is 2. The van der Waals surface area contributed by atoms with Gasteiger partial charge >= 0.3 is 6.18 Å². The van der Waals surface area contributed by atoms with Gasteiger partial charge in [-0.25, -0.2) is 13.2 Å². The third kappa shape index (κ3) is 5.84. The molecule has 2 unspecified atom stereocenters. The minimum Gasteiger partial charge on any atom is -0.367 e. The van der Waals surface area contributed by atoms with Gasteiger partial charge in [-0.3, -0.25) is 19.3 Å². The number of rotatable bonds is 5. The number of likely N-dealkylation sites (N-methyl/N-ethyl adjacent to an activating group) is 1. The molecule has 42 heavy (non-hydrogen) atoms. The molecule has 4 rings (SSSR count). The van der Waals surface area contributed by atoms with E-state index in [1.165, 1.54) is 7.05 Å². The molecule has 8 nitrogen and oxygen atoms in total. The number of carbonyl (C=O) groups is 2. The zero-order chi connectivity index (χ0) is 31.1. The summed E-state index contributed by atoms with van der Waals surface area (Å²) >= 11 is 0. The normalized spacial score (nSPS) is 17.7. The first-order valence-corrected chi connectivity index (χ1v) is 12.8. The summed E-state index contributed by atoms with van der Waals surface area (Å²) in [5, 5.41) is 4.38. The van der Waals surface area contributed by atoms with Crippen LogP contribution in [0.2, 0.25) is 0 Å². The number of nitrogens with one attached hydrogen (secondary N) is 3. The fourth-order valence-electron chi connectivity index (χ4n) is 4.90. The third-order valence-corrected chi connectivity index (χ3v) is 7.34. The van der Waals surface area contributed by atoms with Crippen LogP contribution in [0.25, 0.3) is 11.1 Å². The van der Waals surface area contributed by atoms with Crippen molar-refractivity contribution in [3.05, 3.63) is 81.0 Å². The average molecular weight is 596 g/mol. The van der Waals surface area contributed by atoms with Gasteiger partial charge in [-0.2, -0.15) is 13.2 Å². The van der Waals surface area contributed by atoms with Crippen LogP contribution in [-0.4, -0.2) is 61.0 Å². The highest BCUT2D eigenvalue weighted by molar-refractivity contribution is 6.07. The van der Waals surface area contributed by atoms with Gasteiger partial charge in [-0.05, 0) is 38.6 Å². The Hall–Kier alpha value is -4.33. The van der Waals surface area contributed by atoms with Crippen molar-refractivity contribution in [3.63, 3.8) is 0 Å². The summed E-state index contributed by atoms with van der Waals surface area (Å²) in [6.07, 6.45) is -4.54. The van der Waals surface area contributed by atoms with E-state index in [2.05, 4.69) is 10.6 Å². The fourth-order valence-corrected chi connectivity index (χ4v) is 4.90. The lowest BCUT2D eigenvalue weighted by molar-refractivity contribution is -0.138. The Bertz CT molecular complexity index is 1590. The molecule has 2 atom stereocenters. The Morgan fingerprint density at radius 1 is 0.952 bits per heavy atom. The molecule has 3 N–H and O–H groups in total. The van der Waals surface area contributed by atoms with Gasteiger partial charge in [0.1, 0.15) is 17.3 Å². The van der Waals surface area contributed by atoms with E-state index in [4.69, 9.17) is 0 Å². The molecular weight excluding hydrogens is 568 g/mol. The van der Waals surface area contributed by atoms with E-state index >= 15 is 8.78 Å². The number of hydrogen-bond acceptors (Lipinski definition) is 5. The molecule has 14 heteroatoms. The van der Waals surface area contributed by atoms with Gasteiger partial charge in [0.15, 0.2) is 5.82 Å². The molecule has 1 aliphatic heterocycles. The summed E-state index contributed by atoms with van der Waals surface area (Å²) in [5.41, 5.74) is -5.93. The van der Waals surface area contributed by atoms with E-state index < -0.39 is 63.4 Å². The van der Waals surface area contributed by atoms with Gasteiger partial charge in [-0.1, -0.05) is 6.07 Å². The van der Waals surface area contributed by atoms with Gasteiger partial charge in [0.05, 0.1) is 27.9 Å². The molecule has 0 saturated carbocycles. The lowest BCUT2D eigenvalue weighted by Crippen LogP contribution is -2.55. The molecule has 2 aromatic carbocycles. The van der Waals surface area contributed by atoms with Crippen LogP contribution < -0.4 is 21.1 Å². The standard InChI is InChI=1S/C28H27F6N5O3/c1-13-11-39(12-14(2)38(13)4)21-9-20(30)23(15-5-6-16(19(29)7-15)26(41)35-3)24(31)25(21)37-27(42)17-10-36-22(40)8-18(17)28(32,33)34/h5-10,13-14H,11-12H2,1-4H3,(H,35,41)(H,36,40)(H,37,42). The molecule has 2 amide bonds. The predicted molar refractivity (Wildman–Crippen MR) is 144 cm³/mol. The van der Waals surface area contributed by atoms with Crippen molar-refractivity contribution in [2.24, 2.45) is 0 Å². The summed E-state index contributed by atoms with van der Waals surface area (Å²) in [5.74, 6) is -5.78. The maximum Gasteiger partial charge on any atom is 0.417 e. The molecule has 1 fully saturated rings. The fraction of sp³-hybridized carbons (Fsp3) is 0.321. The monoisotopic (exact) mass is 595 g/mol. The number of halogens is 6. The first kappa shape index (κ1) is 30.6. The number of aromatic amines is 1. The van der Waals surface area contributed by atoms with E-state index in [9.17, 15) is 31.9 Å². The molecule has 0 spiro atoms. The lowest BCUT2D eigenvalue weighted by atomic mass is 9.99. The van der Waals surface area contributed by atoms with Crippen molar-refractivity contribution in [2.45, 2.75) is 32.1 Å². The number of benzene rings is 2. The van der Waals surface area contributed by atoms with Crippen LogP contribution in [0, 0.1) is 17.5 Å². The smallest absolute Gasteiger partial charge is 0.367 e. The second-order valence-corrected chi connectivity index (χ2v) is 10.1. The summed E-state index contributed by atoms with van der Waals surface area (Å²) < 4.78 is 87.6. The number of piperazine rings is 1. The van der Waals surface area contributed by atoms with Crippen LogP contribution in [0.15, 0.2) is 41.3 Å². The predicted octanol–water partition coefficient (Wildman–Crippen LogP) is 4.62. The minimum absolute atomic E-state index is 0.106. The number of hydrogen-bond donors (Lipinski definition) is 3. The molecule has 2 heterocycles. The first-order chi connectivity index (χ1) is 19.6. The minimum atomic E-state index is -5.09. The highest BCUT2D eigenvalue weighted by Gasteiger charge is 2.37. The van der Waals surface area contributed by atoms with Gasteiger partial charge in [0, 0.05) is 50.6 Å². The number of pyridine rings is 1. The van der Waals surface area contributed by atoms with Gasteiger partial charge < -0.3 is 20.5 Å². The second-order valence-electron chi connectivity index (χ2n) is 10.1. The Labute approximate surface area is 236 Å². The van der Waals surface area contributed by atoms with Gasteiger partial charge in [-0.15, -0.1) is 0 Å². The molecule has 1 saturated heterocycles. The van der Waals surface area contributed by atoms with Crippen molar-refractivity contribution in [3.8, 4) is 11.1 Å². The van der Waals surface area contributed by atoms with Crippen LogP contribution in [0.1, 0.15) is 40.1 Å². The number of aromatic nitrogens is 1. The Balaban J connectivity index is 1.89. The molecule has 0 aliphatic carbocycles. The topological polar surface area (TPSA) is 97.5 Å². The summed E-state index contributed by atoms with van der Waals surface area (Å²) in [7, 11) is 3.14. The SMILES string of the molecule is CNC(=O)c1ccc(-c2c(F)cc(N3CC(C)N(C)C(C)C3)c(NC(=O)c3c[nH]c(=O)cc3C(F)(F)F)c2F)cc1F. The lowest BCUT2D eigenvalue weighted by Gasteiger charge is -2.44. The van der Waals surface area contributed by atoms with Crippen LogP contribution in [0.5, 0.6) is 0 Å². The summed E-state index contributed by atoms with van der Waals surface area (Å²) in [6, 6.07) is 3.76. The Kier molecular flexibility index (Phi) is 8.39. The van der Waals surface area contributed by atoms with Crippen LogP contribution in [0.4, 0.5) is 37.7 Å². The Morgan fingerprint density at radius 2 is 1.60 bits per heavy atom. The van der Waals surface area contributed by atoms with Crippen LogP contribution in [-0.2, 0) is 6.18 Å². The number of H-pyrrole nitrogens is 1. The second kappa shape index (κ2) is 11.5. The van der Waals surface area contributed by atoms with Gasteiger partial charge in [0.25, 0.3) is 11.8 Å². The van der Waals surface area contributed by atoms with Crippen molar-refractivity contribution in [1.29, 1.82) is 0 Å². The molecule has 224 valence electrons. The third-order valence-electron chi connectivity index (χ3n) is 7.34. The summed E-state index contributed by atoms with van der Waals surface area (Å²) in [6.45, 7) is 4.25. The van der Waals surface area contributed by atoms with Gasteiger partial charge in [0.2, 0.25) is 5.56 Å². The Morgan fingerprint density at radius 3 is 2.17 bits per heavy atom. The van der Waals surface area contributed by atoms with Crippen LogP contribution in [0.3, 0.4) is 0 Å². The zero-order valence-corrected chi connectivity index (χ0v) is 22.9. The largest absolute Gasteiger partial charge is 0.417 e. The van der Waals surface area contributed by atoms with Crippen molar-refractivity contribution in [1.82, 2.24) is 15.2 Å². The van der Waals surface area contributed by atoms with Crippen molar-refractivity contribution >= 4 is 23.2 Å². The molecule has 3 aromatic rings. The average Bonchev–Trinajstić information content (AvgIpc) is 2.91. The number of alkyl halides is 3. The molecule has 0 bridgehead atoms. The van der Waals surface area contributed by atoms with E-state index in [1.807, 2.05) is 30.8 Å². The van der Waals surface area contributed by atoms with Crippen molar-refractivity contribution < 1.29 is 35.9 Å². The molecular formula is C28H27F6N5O3. The maximum atomic E-state index is 16.3. The highest BCUT2D eigenvalue weighted by atomic mass is 19.4. The van der Waals surface area contributed by atoms with Crippen LogP contribution >= 0.6 is 0 Å². The maximum absolute atomic E-state index is 16.3. The number of amides is 2. The first-order valence-electron chi connectivity index (χ1n) is 12.8. The van der Waals surface area contributed by atoms with E-state index in [0.717, 1.165) is 24.3 Å². The van der Waals surface area contributed by atoms with E-state index in [1.54, 1.807) is 4.90 Å². The van der Waals surface area contributed by atoms with Crippen molar-refractivity contribution in [2.75, 3.05) is 37.4 Å². The quantitative estimate of drug-likeness (QED) is 0.374. The number of nitrogens with zero attached hydrogens (tertiary/aromatic N) is 2. The van der Waals surface area contributed by atoms with E-state index in [0.29, 0.717) is 6.20 Å². The van der Waals surface area contributed by atoms with E-state index in [-0.39, 0.29) is 48.1 Å². The summed E-state index contributed by atoms with van der Waals surface area (Å²) in [4.78, 5) is 42.2. The highest BCUT2D eigenvalue weighted by Crippen LogP contribution is 2.40. The molecule has 0 radical (unpaired) electrons.